The van der Waals surface area contributed by atoms with Crippen molar-refractivity contribution in [3.63, 3.8) is 0 Å². The Kier molecular flexibility index (Phi) is 9.50. The van der Waals surface area contributed by atoms with Gasteiger partial charge < -0.3 is 25.2 Å². The number of halogens is 2. The molecule has 3 N–H and O–H groups in total. The molecule has 0 saturated carbocycles. The lowest BCUT2D eigenvalue weighted by molar-refractivity contribution is -0.122. The van der Waals surface area contributed by atoms with Crippen LogP contribution in [-0.4, -0.2) is 87.1 Å². The van der Waals surface area contributed by atoms with Gasteiger partial charge in [-0.3, -0.25) is 14.7 Å². The molecule has 0 radical (unpaired) electrons. The molecular formula is C31H39F2N7O5S. The third-order valence-electron chi connectivity index (χ3n) is 8.48. The van der Waals surface area contributed by atoms with Gasteiger partial charge in [0.05, 0.1) is 27.4 Å². The number of rotatable bonds is 10. The quantitative estimate of drug-likeness (QED) is 0.299. The molecule has 2 amide bonds. The number of sulfonamides is 1. The first-order chi connectivity index (χ1) is 21.7. The predicted octanol–water partition coefficient (Wildman–Crippen LogP) is 3.74. The number of amides is 2. The SMILES string of the molecule is CN(C)CCN(C)c1ccc(C(=O)Nc2n[nH]c3c2CN(S(=O)(=O)c2cc(F)cc(F)c2)C3(C)C)c(NC(=O)C2CCOCC2)c1. The number of aromatic nitrogens is 2. The largest absolute Gasteiger partial charge is 0.381 e. The summed E-state index contributed by atoms with van der Waals surface area (Å²) in [6.45, 7) is 5.53. The first-order valence-corrected chi connectivity index (χ1v) is 16.4. The Hall–Kier alpha value is -3.92. The summed E-state index contributed by atoms with van der Waals surface area (Å²) in [5.74, 6) is -2.95. The number of nitrogens with one attached hydrogen (secondary N) is 3. The molecule has 1 aromatic heterocycles. The van der Waals surface area contributed by atoms with E-state index in [-0.39, 0.29) is 29.8 Å². The van der Waals surface area contributed by atoms with E-state index in [2.05, 4.69) is 25.7 Å². The van der Waals surface area contributed by atoms with Crippen LogP contribution in [0, 0.1) is 17.6 Å². The highest BCUT2D eigenvalue weighted by atomic mass is 32.2. The van der Waals surface area contributed by atoms with Crippen LogP contribution in [0.3, 0.4) is 0 Å². The minimum Gasteiger partial charge on any atom is -0.381 e. The summed E-state index contributed by atoms with van der Waals surface area (Å²) >= 11 is 0. The molecule has 2 aliphatic rings. The monoisotopic (exact) mass is 659 g/mol. The van der Waals surface area contributed by atoms with Crippen LogP contribution < -0.4 is 15.5 Å². The van der Waals surface area contributed by atoms with Crippen LogP contribution in [0.5, 0.6) is 0 Å². The predicted molar refractivity (Wildman–Crippen MR) is 169 cm³/mol. The van der Waals surface area contributed by atoms with Crippen molar-refractivity contribution in [3.05, 3.63) is 64.9 Å². The number of fused-ring (bicyclic) bond motifs is 1. The molecule has 248 valence electrons. The molecule has 0 bridgehead atoms. The number of anilines is 3. The molecule has 0 spiro atoms. The number of carbonyl (C=O) groups is 2. The van der Waals surface area contributed by atoms with Crippen LogP contribution in [-0.2, 0) is 31.6 Å². The Labute approximate surface area is 267 Å². The van der Waals surface area contributed by atoms with E-state index in [1.807, 2.05) is 26.0 Å². The Morgan fingerprint density at radius 2 is 1.72 bits per heavy atom. The molecule has 1 fully saturated rings. The van der Waals surface area contributed by atoms with Crippen molar-refractivity contribution in [3.8, 4) is 0 Å². The van der Waals surface area contributed by atoms with Gasteiger partial charge >= 0.3 is 0 Å². The van der Waals surface area contributed by atoms with Crippen molar-refractivity contribution in [1.82, 2.24) is 19.4 Å². The highest BCUT2D eigenvalue weighted by Gasteiger charge is 2.48. The average Bonchev–Trinajstić information content (AvgIpc) is 3.53. The van der Waals surface area contributed by atoms with Gasteiger partial charge in [0.2, 0.25) is 15.9 Å². The van der Waals surface area contributed by atoms with Crippen molar-refractivity contribution in [2.45, 2.75) is 43.7 Å². The van der Waals surface area contributed by atoms with Gasteiger partial charge in [-0.25, -0.2) is 17.2 Å². The van der Waals surface area contributed by atoms with Gasteiger partial charge in [-0.1, -0.05) is 0 Å². The molecular weight excluding hydrogens is 620 g/mol. The van der Waals surface area contributed by atoms with Crippen LogP contribution >= 0.6 is 0 Å². The third kappa shape index (κ3) is 6.77. The second kappa shape index (κ2) is 13.1. The second-order valence-electron chi connectivity index (χ2n) is 12.4. The number of benzene rings is 2. The molecule has 46 heavy (non-hydrogen) atoms. The van der Waals surface area contributed by atoms with Gasteiger partial charge in [-0.2, -0.15) is 9.40 Å². The number of hydrogen-bond acceptors (Lipinski definition) is 8. The maximum Gasteiger partial charge on any atom is 0.258 e. The van der Waals surface area contributed by atoms with E-state index in [1.165, 1.54) is 0 Å². The van der Waals surface area contributed by atoms with Crippen LogP contribution in [0.25, 0.3) is 0 Å². The second-order valence-corrected chi connectivity index (χ2v) is 14.2. The van der Waals surface area contributed by atoms with E-state index in [4.69, 9.17) is 4.74 Å². The van der Waals surface area contributed by atoms with Crippen molar-refractivity contribution < 1.29 is 31.5 Å². The number of H-pyrrole nitrogens is 1. The molecule has 0 aliphatic carbocycles. The van der Waals surface area contributed by atoms with Crippen molar-refractivity contribution >= 4 is 39.0 Å². The zero-order valence-corrected chi connectivity index (χ0v) is 27.3. The van der Waals surface area contributed by atoms with E-state index in [0.29, 0.717) is 55.6 Å². The average molecular weight is 660 g/mol. The Balaban J connectivity index is 1.42. The standard InChI is InChI=1S/C31H39F2N7O5S/c1-31(2)27-25(18-40(31)46(43,44)23-15-20(32)14-21(33)16-23)28(37-36-27)35-30(42)24-7-6-22(39(5)11-10-38(3)4)17-26(24)34-29(41)19-8-12-45-13-9-19/h6-7,14-17,19H,8-13,18H2,1-5H3,(H,34,41)(H2,35,36,37,42). The zero-order chi connectivity index (χ0) is 33.4. The molecule has 0 atom stereocenters. The highest BCUT2D eigenvalue weighted by Crippen LogP contribution is 2.44. The molecule has 0 unspecified atom stereocenters. The van der Waals surface area contributed by atoms with Gasteiger partial charge in [0, 0.05) is 63.1 Å². The third-order valence-corrected chi connectivity index (χ3v) is 10.5. The highest BCUT2D eigenvalue weighted by molar-refractivity contribution is 7.89. The van der Waals surface area contributed by atoms with Crippen LogP contribution in [0.2, 0.25) is 0 Å². The van der Waals surface area contributed by atoms with E-state index in [1.54, 1.807) is 32.0 Å². The summed E-state index contributed by atoms with van der Waals surface area (Å²) in [7, 11) is 1.53. The van der Waals surface area contributed by atoms with E-state index < -0.39 is 38.0 Å². The number of nitrogens with zero attached hydrogens (tertiary/aromatic N) is 4. The van der Waals surface area contributed by atoms with E-state index in [9.17, 15) is 26.8 Å². The van der Waals surface area contributed by atoms with E-state index in [0.717, 1.165) is 28.7 Å². The van der Waals surface area contributed by atoms with Crippen molar-refractivity contribution in [1.29, 1.82) is 0 Å². The molecule has 2 aromatic carbocycles. The summed E-state index contributed by atoms with van der Waals surface area (Å²) in [6.07, 6.45) is 1.15. The summed E-state index contributed by atoms with van der Waals surface area (Å²) in [6, 6.07) is 7.30. The van der Waals surface area contributed by atoms with E-state index >= 15 is 0 Å². The van der Waals surface area contributed by atoms with Crippen LogP contribution in [0.1, 0.15) is 48.3 Å². The number of aromatic amines is 1. The smallest absolute Gasteiger partial charge is 0.258 e. The van der Waals surface area contributed by atoms with Crippen LogP contribution in [0.15, 0.2) is 41.3 Å². The van der Waals surface area contributed by atoms with Gasteiger partial charge in [0.1, 0.15) is 11.6 Å². The molecule has 3 aromatic rings. The normalized spacial score (nSPS) is 16.8. The number of carbonyl (C=O) groups excluding carboxylic acids is 2. The summed E-state index contributed by atoms with van der Waals surface area (Å²) in [5.41, 5.74) is 0.972. The molecule has 5 rings (SSSR count). The topological polar surface area (TPSA) is 140 Å². The molecule has 12 nitrogen and oxygen atoms in total. The van der Waals surface area contributed by atoms with Gasteiger partial charge in [-0.15, -0.1) is 0 Å². The lowest BCUT2D eigenvalue weighted by Crippen LogP contribution is -2.40. The van der Waals surface area contributed by atoms with Crippen LogP contribution in [0.4, 0.5) is 26.0 Å². The Morgan fingerprint density at radius 1 is 1.04 bits per heavy atom. The maximum absolute atomic E-state index is 13.9. The molecule has 1 saturated heterocycles. The fourth-order valence-corrected chi connectivity index (χ4v) is 7.47. The first-order valence-electron chi connectivity index (χ1n) is 14.9. The first kappa shape index (κ1) is 33.4. The minimum absolute atomic E-state index is 0.102. The molecule has 15 heteroatoms. The van der Waals surface area contributed by atoms with Gasteiger partial charge in [0.15, 0.2) is 5.82 Å². The number of hydrogen-bond donors (Lipinski definition) is 3. The lowest BCUT2D eigenvalue weighted by Gasteiger charge is -2.30. The molecule has 3 heterocycles. The fraction of sp³-hybridized carbons (Fsp3) is 0.452. The minimum atomic E-state index is -4.35. The summed E-state index contributed by atoms with van der Waals surface area (Å²) < 4.78 is 61.5. The van der Waals surface area contributed by atoms with Gasteiger partial charge in [0.25, 0.3) is 5.91 Å². The van der Waals surface area contributed by atoms with Gasteiger partial charge in [-0.05, 0) is 71.1 Å². The van der Waals surface area contributed by atoms with Crippen molar-refractivity contribution in [2.75, 3.05) is 63.0 Å². The van der Waals surface area contributed by atoms with Crippen molar-refractivity contribution in [2.24, 2.45) is 5.92 Å². The lowest BCUT2D eigenvalue weighted by atomic mass is 9.99. The summed E-state index contributed by atoms with van der Waals surface area (Å²) in [5, 5.41) is 12.8. The fourth-order valence-electron chi connectivity index (χ4n) is 5.70. The molecule has 2 aliphatic heterocycles. The number of likely N-dealkylation sites (N-methyl/N-ethyl adjacent to an activating group) is 2. The summed E-state index contributed by atoms with van der Waals surface area (Å²) in [4.78, 5) is 30.5. The Bertz CT molecular complexity index is 1720. The number of ether oxygens (including phenoxy) is 1. The maximum atomic E-state index is 13.9. The Morgan fingerprint density at radius 3 is 2.37 bits per heavy atom. The zero-order valence-electron chi connectivity index (χ0n) is 26.5.